The highest BCUT2D eigenvalue weighted by atomic mass is 16.5. The Morgan fingerprint density at radius 2 is 2.14 bits per heavy atom. The zero-order valence-corrected chi connectivity index (χ0v) is 13.2. The van der Waals surface area contributed by atoms with Crippen molar-refractivity contribution in [1.82, 2.24) is 14.5 Å². The van der Waals surface area contributed by atoms with Gasteiger partial charge in [-0.25, -0.2) is 4.98 Å². The number of aromatic nitrogens is 2. The molecule has 2 heterocycles. The van der Waals surface area contributed by atoms with E-state index < -0.39 is 0 Å². The van der Waals surface area contributed by atoms with Crippen LogP contribution in [0.2, 0.25) is 0 Å². The van der Waals surface area contributed by atoms with Gasteiger partial charge in [-0.2, -0.15) is 0 Å². The van der Waals surface area contributed by atoms with Gasteiger partial charge in [0.15, 0.2) is 0 Å². The first-order valence-electron chi connectivity index (χ1n) is 7.48. The maximum atomic E-state index is 12.9. The molecule has 1 aliphatic rings. The summed E-state index contributed by atoms with van der Waals surface area (Å²) in [5.74, 6) is 0.559. The zero-order chi connectivity index (χ0) is 15.7. The van der Waals surface area contributed by atoms with Gasteiger partial charge in [0.1, 0.15) is 11.1 Å². The van der Waals surface area contributed by atoms with E-state index >= 15 is 0 Å². The van der Waals surface area contributed by atoms with Gasteiger partial charge in [-0.15, -0.1) is 0 Å². The summed E-state index contributed by atoms with van der Waals surface area (Å²) in [5.41, 5.74) is 0.576. The Morgan fingerprint density at radius 1 is 1.32 bits per heavy atom. The third-order valence-corrected chi connectivity index (χ3v) is 4.41. The molecular weight excluding hydrogens is 282 g/mol. The van der Waals surface area contributed by atoms with Gasteiger partial charge in [0, 0.05) is 20.2 Å². The number of benzene rings is 1. The lowest BCUT2D eigenvalue weighted by atomic mass is 10.2. The second-order valence-electron chi connectivity index (χ2n) is 5.51. The standard InChI is InChI=1S/C16H21N3O3/c1-4-18-8-12(14(9-18)22-3)19-10-17-11-6-5-7-13(21-2)15(11)16(19)20/h5-7,10,12,14H,4,8-9H2,1-3H3/t12-,14-/m0/s1. The number of likely N-dealkylation sites (N-methyl/N-ethyl adjacent to an activating group) is 1. The normalized spacial score (nSPS) is 22.3. The lowest BCUT2D eigenvalue weighted by molar-refractivity contribution is 0.0807. The first-order chi connectivity index (χ1) is 10.7. The van der Waals surface area contributed by atoms with Crippen LogP contribution in [0.3, 0.4) is 0 Å². The molecule has 3 rings (SSSR count). The Bertz CT molecular complexity index is 728. The smallest absolute Gasteiger partial charge is 0.265 e. The summed E-state index contributed by atoms with van der Waals surface area (Å²) in [6, 6.07) is 5.42. The average Bonchev–Trinajstić information content (AvgIpc) is 2.98. The number of hydrogen-bond donors (Lipinski definition) is 0. The number of likely N-dealkylation sites (tertiary alicyclic amines) is 1. The summed E-state index contributed by atoms with van der Waals surface area (Å²) in [6.07, 6.45) is 1.62. The van der Waals surface area contributed by atoms with Crippen LogP contribution in [0.5, 0.6) is 5.75 Å². The maximum Gasteiger partial charge on any atom is 0.265 e. The quantitative estimate of drug-likeness (QED) is 0.852. The van der Waals surface area contributed by atoms with Crippen molar-refractivity contribution in [3.05, 3.63) is 34.9 Å². The highest BCUT2D eigenvalue weighted by Gasteiger charge is 2.34. The van der Waals surface area contributed by atoms with Gasteiger partial charge in [0.05, 0.1) is 31.1 Å². The molecule has 22 heavy (non-hydrogen) atoms. The molecule has 0 saturated carbocycles. The highest BCUT2D eigenvalue weighted by molar-refractivity contribution is 5.83. The Morgan fingerprint density at radius 3 is 2.82 bits per heavy atom. The van der Waals surface area contributed by atoms with Crippen molar-refractivity contribution in [2.24, 2.45) is 0 Å². The summed E-state index contributed by atoms with van der Waals surface area (Å²) in [5, 5.41) is 0.525. The lowest BCUT2D eigenvalue weighted by Gasteiger charge is -2.20. The first-order valence-corrected chi connectivity index (χ1v) is 7.48. The highest BCUT2D eigenvalue weighted by Crippen LogP contribution is 2.25. The molecule has 6 nitrogen and oxygen atoms in total. The van der Waals surface area contributed by atoms with Crippen molar-refractivity contribution in [2.75, 3.05) is 33.9 Å². The SMILES string of the molecule is CCN1C[C@H](OC)[C@@H](n2cnc3cccc(OC)c3c2=O)C1. The van der Waals surface area contributed by atoms with E-state index in [1.165, 1.54) is 0 Å². The van der Waals surface area contributed by atoms with E-state index in [9.17, 15) is 4.79 Å². The second-order valence-corrected chi connectivity index (χ2v) is 5.51. The van der Waals surface area contributed by atoms with E-state index in [-0.39, 0.29) is 17.7 Å². The minimum atomic E-state index is -0.0764. The summed E-state index contributed by atoms with van der Waals surface area (Å²) >= 11 is 0. The molecule has 1 aromatic carbocycles. The van der Waals surface area contributed by atoms with Crippen molar-refractivity contribution >= 4 is 10.9 Å². The molecule has 0 radical (unpaired) electrons. The molecule has 1 saturated heterocycles. The fourth-order valence-corrected chi connectivity index (χ4v) is 3.14. The van der Waals surface area contributed by atoms with Gasteiger partial charge in [0.2, 0.25) is 0 Å². The predicted octanol–water partition coefficient (Wildman–Crippen LogP) is 1.30. The number of ether oxygens (including phenoxy) is 2. The summed E-state index contributed by atoms with van der Waals surface area (Å²) in [4.78, 5) is 19.6. The van der Waals surface area contributed by atoms with Crippen LogP contribution >= 0.6 is 0 Å². The van der Waals surface area contributed by atoms with Gasteiger partial charge in [-0.05, 0) is 18.7 Å². The number of hydrogen-bond acceptors (Lipinski definition) is 5. The Labute approximate surface area is 129 Å². The fraction of sp³-hybridized carbons (Fsp3) is 0.500. The van der Waals surface area contributed by atoms with Crippen LogP contribution < -0.4 is 10.3 Å². The van der Waals surface area contributed by atoms with Crippen LogP contribution in [0, 0.1) is 0 Å². The van der Waals surface area contributed by atoms with Gasteiger partial charge < -0.3 is 9.47 Å². The lowest BCUT2D eigenvalue weighted by Crippen LogP contribution is -2.33. The van der Waals surface area contributed by atoms with Crippen LogP contribution in [0.4, 0.5) is 0 Å². The third kappa shape index (κ3) is 2.38. The Kier molecular flexibility index (Phi) is 4.13. The number of fused-ring (bicyclic) bond motifs is 1. The Balaban J connectivity index is 2.12. The number of methoxy groups -OCH3 is 2. The van der Waals surface area contributed by atoms with Crippen LogP contribution in [0.15, 0.2) is 29.3 Å². The van der Waals surface area contributed by atoms with Crippen molar-refractivity contribution in [1.29, 1.82) is 0 Å². The molecule has 0 amide bonds. The predicted molar refractivity (Wildman–Crippen MR) is 84.5 cm³/mol. The van der Waals surface area contributed by atoms with Crippen LogP contribution in [0.1, 0.15) is 13.0 Å². The topological polar surface area (TPSA) is 56.6 Å². The van der Waals surface area contributed by atoms with Crippen LogP contribution in [0.25, 0.3) is 10.9 Å². The molecule has 118 valence electrons. The van der Waals surface area contributed by atoms with Crippen molar-refractivity contribution in [3.63, 3.8) is 0 Å². The maximum absolute atomic E-state index is 12.9. The molecule has 1 fully saturated rings. The molecule has 0 N–H and O–H groups in total. The molecule has 0 unspecified atom stereocenters. The summed E-state index contributed by atoms with van der Waals surface area (Å²) in [6.45, 7) is 4.67. The average molecular weight is 303 g/mol. The Hall–Kier alpha value is -1.92. The molecule has 1 aromatic heterocycles. The molecule has 2 atom stereocenters. The van der Waals surface area contributed by atoms with Crippen molar-refractivity contribution in [2.45, 2.75) is 19.1 Å². The molecule has 0 aliphatic carbocycles. The molecule has 1 aliphatic heterocycles. The molecular formula is C16H21N3O3. The second kappa shape index (κ2) is 6.06. The summed E-state index contributed by atoms with van der Waals surface area (Å²) in [7, 11) is 3.26. The monoisotopic (exact) mass is 303 g/mol. The third-order valence-electron chi connectivity index (χ3n) is 4.41. The van der Waals surface area contributed by atoms with Gasteiger partial charge in [0.25, 0.3) is 5.56 Å². The van der Waals surface area contributed by atoms with E-state index in [0.29, 0.717) is 16.7 Å². The van der Waals surface area contributed by atoms with Crippen molar-refractivity contribution in [3.8, 4) is 5.75 Å². The van der Waals surface area contributed by atoms with Gasteiger partial charge in [-0.3, -0.25) is 14.3 Å². The minimum Gasteiger partial charge on any atom is -0.496 e. The number of nitrogens with zero attached hydrogens (tertiary/aromatic N) is 3. The summed E-state index contributed by atoms with van der Waals surface area (Å²) < 4.78 is 12.6. The van der Waals surface area contributed by atoms with E-state index in [2.05, 4.69) is 16.8 Å². The first kappa shape index (κ1) is 15.0. The van der Waals surface area contributed by atoms with Crippen LogP contribution in [-0.4, -0.2) is 54.4 Å². The van der Waals surface area contributed by atoms with E-state index in [1.54, 1.807) is 31.2 Å². The fourth-order valence-electron chi connectivity index (χ4n) is 3.14. The van der Waals surface area contributed by atoms with E-state index in [4.69, 9.17) is 9.47 Å². The van der Waals surface area contributed by atoms with Crippen molar-refractivity contribution < 1.29 is 9.47 Å². The molecule has 0 bridgehead atoms. The molecule has 2 aromatic rings. The van der Waals surface area contributed by atoms with E-state index in [0.717, 1.165) is 19.6 Å². The van der Waals surface area contributed by atoms with Crippen LogP contribution in [-0.2, 0) is 4.74 Å². The molecule has 0 spiro atoms. The largest absolute Gasteiger partial charge is 0.496 e. The minimum absolute atomic E-state index is 0.00777. The number of rotatable bonds is 4. The molecule has 6 heteroatoms. The van der Waals surface area contributed by atoms with Gasteiger partial charge >= 0.3 is 0 Å². The van der Waals surface area contributed by atoms with E-state index in [1.807, 2.05) is 12.1 Å². The van der Waals surface area contributed by atoms with Gasteiger partial charge in [-0.1, -0.05) is 13.0 Å². The zero-order valence-electron chi connectivity index (χ0n) is 13.2.